The zero-order valence-corrected chi connectivity index (χ0v) is 14.9. The fourth-order valence-corrected chi connectivity index (χ4v) is 2.45. The van der Waals surface area contributed by atoms with Gasteiger partial charge in [0.15, 0.2) is 0 Å². The first kappa shape index (κ1) is 19.2. The van der Waals surface area contributed by atoms with E-state index in [4.69, 9.17) is 19.9 Å². The summed E-state index contributed by atoms with van der Waals surface area (Å²) in [6.07, 6.45) is -0.507. The van der Waals surface area contributed by atoms with Crippen molar-refractivity contribution in [3.8, 4) is 0 Å². The number of carbonyl (C=O) groups excluding carboxylic acids is 2. The first-order valence-corrected chi connectivity index (χ1v) is 8.31. The zero-order valence-electron chi connectivity index (χ0n) is 14.9. The second-order valence-corrected chi connectivity index (χ2v) is 6.94. The minimum absolute atomic E-state index is 0.132. The average Bonchev–Trinajstić information content (AvgIpc) is 2.58. The molecule has 1 heterocycles. The van der Waals surface area contributed by atoms with Crippen LogP contribution in [0.1, 0.15) is 26.3 Å². The van der Waals surface area contributed by atoms with Gasteiger partial charge in [0.2, 0.25) is 0 Å². The monoisotopic (exact) mass is 350 g/mol. The minimum atomic E-state index is -1.00. The molecule has 0 spiro atoms. The van der Waals surface area contributed by atoms with Crippen molar-refractivity contribution in [1.82, 2.24) is 4.90 Å². The number of rotatable bonds is 4. The molecule has 0 aliphatic carbocycles. The van der Waals surface area contributed by atoms with Crippen molar-refractivity contribution < 1.29 is 23.8 Å². The third kappa shape index (κ3) is 5.72. The van der Waals surface area contributed by atoms with E-state index in [0.29, 0.717) is 13.2 Å². The van der Waals surface area contributed by atoms with Crippen molar-refractivity contribution in [3.05, 3.63) is 35.9 Å². The molecule has 1 aromatic rings. The van der Waals surface area contributed by atoms with Gasteiger partial charge in [-0.2, -0.15) is 0 Å². The molecule has 138 valence electrons. The van der Waals surface area contributed by atoms with E-state index in [-0.39, 0.29) is 13.2 Å². The summed E-state index contributed by atoms with van der Waals surface area (Å²) >= 11 is 0. The number of hydrogen-bond donors (Lipinski definition) is 1. The Balaban J connectivity index is 1.97. The molecule has 0 aromatic heterocycles. The Morgan fingerprint density at radius 3 is 2.64 bits per heavy atom. The molecule has 25 heavy (non-hydrogen) atoms. The van der Waals surface area contributed by atoms with E-state index in [2.05, 4.69) is 0 Å². The Hall–Kier alpha value is -2.12. The standard InChI is InChI=1S/C18H26N2O5/c1-18(2,3)25-17(22)20-9-10-23-12-14(20)15(19)16(21)24-11-13-7-5-4-6-8-13/h4-8,14-15H,9-12,19H2,1-3H3/t14?,15-/m1/s1. The number of amides is 1. The molecule has 1 unspecified atom stereocenters. The molecule has 2 N–H and O–H groups in total. The molecule has 1 amide bonds. The fraction of sp³-hybridized carbons (Fsp3) is 0.556. The minimum Gasteiger partial charge on any atom is -0.460 e. The summed E-state index contributed by atoms with van der Waals surface area (Å²) in [5, 5.41) is 0. The van der Waals surface area contributed by atoms with Crippen LogP contribution in [0.15, 0.2) is 30.3 Å². The van der Waals surface area contributed by atoms with Gasteiger partial charge >= 0.3 is 12.1 Å². The van der Waals surface area contributed by atoms with Crippen molar-refractivity contribution in [3.63, 3.8) is 0 Å². The molecule has 7 nitrogen and oxygen atoms in total. The van der Waals surface area contributed by atoms with E-state index in [1.54, 1.807) is 20.8 Å². The topological polar surface area (TPSA) is 91.1 Å². The molecule has 0 radical (unpaired) electrons. The molecule has 7 heteroatoms. The number of hydrogen-bond acceptors (Lipinski definition) is 6. The van der Waals surface area contributed by atoms with Crippen molar-refractivity contribution in [1.29, 1.82) is 0 Å². The molecule has 1 aliphatic heterocycles. The zero-order chi connectivity index (χ0) is 18.4. The van der Waals surface area contributed by atoms with E-state index in [0.717, 1.165) is 5.56 Å². The number of carbonyl (C=O) groups is 2. The predicted molar refractivity (Wildman–Crippen MR) is 91.8 cm³/mol. The summed E-state index contributed by atoms with van der Waals surface area (Å²) in [6.45, 7) is 6.35. The highest BCUT2D eigenvalue weighted by molar-refractivity contribution is 5.78. The lowest BCUT2D eigenvalue weighted by Crippen LogP contribution is -2.60. The van der Waals surface area contributed by atoms with Gasteiger partial charge < -0.3 is 19.9 Å². The van der Waals surface area contributed by atoms with Crippen LogP contribution in [-0.4, -0.2) is 54.4 Å². The van der Waals surface area contributed by atoms with Crippen LogP contribution in [0.3, 0.4) is 0 Å². The van der Waals surface area contributed by atoms with Gasteiger partial charge in [0.05, 0.1) is 19.3 Å². The van der Waals surface area contributed by atoms with E-state index in [1.165, 1.54) is 4.90 Å². The Kier molecular flexibility index (Phi) is 6.39. The first-order valence-electron chi connectivity index (χ1n) is 8.31. The van der Waals surface area contributed by atoms with Crippen LogP contribution in [0.4, 0.5) is 4.79 Å². The fourth-order valence-electron chi connectivity index (χ4n) is 2.45. The van der Waals surface area contributed by atoms with Crippen molar-refractivity contribution in [2.45, 2.75) is 45.1 Å². The van der Waals surface area contributed by atoms with Crippen LogP contribution >= 0.6 is 0 Å². The molecular formula is C18H26N2O5. The van der Waals surface area contributed by atoms with Crippen LogP contribution in [0.25, 0.3) is 0 Å². The van der Waals surface area contributed by atoms with Gasteiger partial charge in [0, 0.05) is 6.54 Å². The number of nitrogens with zero attached hydrogens (tertiary/aromatic N) is 1. The summed E-state index contributed by atoms with van der Waals surface area (Å²) in [5.41, 5.74) is 6.28. The molecular weight excluding hydrogens is 324 g/mol. The number of esters is 1. The van der Waals surface area contributed by atoms with Crippen LogP contribution in [0.2, 0.25) is 0 Å². The molecule has 1 saturated heterocycles. The Bertz CT molecular complexity index is 585. The maximum atomic E-state index is 12.4. The molecule has 0 saturated carbocycles. The van der Waals surface area contributed by atoms with Gasteiger partial charge in [-0.05, 0) is 26.3 Å². The Labute approximate surface area is 148 Å². The highest BCUT2D eigenvalue weighted by Gasteiger charge is 2.38. The molecule has 2 atom stereocenters. The van der Waals surface area contributed by atoms with Gasteiger partial charge in [-0.1, -0.05) is 30.3 Å². The largest absolute Gasteiger partial charge is 0.460 e. The van der Waals surface area contributed by atoms with E-state index >= 15 is 0 Å². The summed E-state index contributed by atoms with van der Waals surface area (Å²) < 4.78 is 16.1. The van der Waals surface area contributed by atoms with E-state index in [1.807, 2.05) is 30.3 Å². The maximum absolute atomic E-state index is 12.4. The van der Waals surface area contributed by atoms with Crippen molar-refractivity contribution in [2.75, 3.05) is 19.8 Å². The lowest BCUT2D eigenvalue weighted by molar-refractivity contribution is -0.150. The third-order valence-electron chi connectivity index (χ3n) is 3.70. The predicted octanol–water partition coefficient (Wildman–Crippen LogP) is 1.69. The van der Waals surface area contributed by atoms with E-state index < -0.39 is 29.7 Å². The Morgan fingerprint density at radius 2 is 2.00 bits per heavy atom. The number of nitrogens with two attached hydrogens (primary N) is 1. The quantitative estimate of drug-likeness (QED) is 0.831. The molecule has 0 bridgehead atoms. The lowest BCUT2D eigenvalue weighted by Gasteiger charge is -2.38. The number of morpholine rings is 1. The van der Waals surface area contributed by atoms with E-state index in [9.17, 15) is 9.59 Å². The summed E-state index contributed by atoms with van der Waals surface area (Å²) in [7, 11) is 0. The van der Waals surface area contributed by atoms with Gasteiger partial charge in [-0.25, -0.2) is 4.79 Å². The second kappa shape index (κ2) is 8.31. The van der Waals surface area contributed by atoms with Crippen molar-refractivity contribution >= 4 is 12.1 Å². The van der Waals surface area contributed by atoms with Gasteiger partial charge in [0.25, 0.3) is 0 Å². The molecule has 1 aliphatic rings. The second-order valence-electron chi connectivity index (χ2n) is 6.94. The lowest BCUT2D eigenvalue weighted by atomic mass is 10.1. The average molecular weight is 350 g/mol. The smallest absolute Gasteiger partial charge is 0.410 e. The summed E-state index contributed by atoms with van der Waals surface area (Å²) in [4.78, 5) is 26.1. The SMILES string of the molecule is CC(C)(C)OC(=O)N1CCOCC1[C@@H](N)C(=O)OCc1ccccc1. The molecule has 1 fully saturated rings. The van der Waals surface area contributed by atoms with Crippen LogP contribution < -0.4 is 5.73 Å². The van der Waals surface area contributed by atoms with Crippen LogP contribution in [0, 0.1) is 0 Å². The van der Waals surface area contributed by atoms with Crippen molar-refractivity contribution in [2.24, 2.45) is 5.73 Å². The normalized spacial score (nSPS) is 19.2. The maximum Gasteiger partial charge on any atom is 0.410 e. The number of ether oxygens (including phenoxy) is 3. The van der Waals surface area contributed by atoms with Gasteiger partial charge in [0.1, 0.15) is 18.2 Å². The molecule has 2 rings (SSSR count). The highest BCUT2D eigenvalue weighted by Crippen LogP contribution is 2.17. The summed E-state index contributed by atoms with van der Waals surface area (Å²) in [6, 6.07) is 7.70. The highest BCUT2D eigenvalue weighted by atomic mass is 16.6. The van der Waals surface area contributed by atoms with Gasteiger partial charge in [-0.3, -0.25) is 9.69 Å². The first-order chi connectivity index (χ1) is 11.8. The number of benzene rings is 1. The Morgan fingerprint density at radius 1 is 1.32 bits per heavy atom. The van der Waals surface area contributed by atoms with Crippen LogP contribution in [-0.2, 0) is 25.6 Å². The molecule has 1 aromatic carbocycles. The summed E-state index contributed by atoms with van der Waals surface area (Å²) in [5.74, 6) is -0.576. The third-order valence-corrected chi connectivity index (χ3v) is 3.70. The van der Waals surface area contributed by atoms with Gasteiger partial charge in [-0.15, -0.1) is 0 Å². The van der Waals surface area contributed by atoms with Crippen LogP contribution in [0.5, 0.6) is 0 Å².